The average molecular weight is 202 g/mol. The topological polar surface area (TPSA) is 127 Å². The largest absolute Gasteiger partial charge is 0.288 e. The van der Waals surface area contributed by atoms with Crippen LogP contribution in [-0.4, -0.2) is 37.1 Å². The number of anilines is 3. The maximum absolute atomic E-state index is 9.23. The molecule has 0 saturated carbocycles. The van der Waals surface area contributed by atoms with Crippen molar-refractivity contribution in [2.75, 3.05) is 22.6 Å². The summed E-state index contributed by atoms with van der Waals surface area (Å²) >= 11 is 0. The monoisotopic (exact) mass is 202 g/mol. The number of rotatable bonds is 4. The van der Waals surface area contributed by atoms with Crippen molar-refractivity contribution in [3.8, 4) is 0 Å². The summed E-state index contributed by atoms with van der Waals surface area (Å²) in [6.07, 6.45) is 0. The molecule has 0 aliphatic carbocycles. The zero-order valence-electron chi connectivity index (χ0n) is 7.34. The minimum Gasteiger partial charge on any atom is -0.288 e. The molecule has 5 N–H and O–H groups in total. The summed E-state index contributed by atoms with van der Waals surface area (Å²) in [4.78, 5) is 10.7. The lowest BCUT2D eigenvalue weighted by atomic mass is 10.7. The van der Waals surface area contributed by atoms with Crippen LogP contribution >= 0.6 is 0 Å². The summed E-state index contributed by atoms with van der Waals surface area (Å²) in [5.41, 5.74) is 3.34. The van der Waals surface area contributed by atoms with Crippen molar-refractivity contribution in [3.63, 3.8) is 0 Å². The molecule has 0 saturated heterocycles. The van der Waals surface area contributed by atoms with Crippen LogP contribution in [0.25, 0.3) is 0 Å². The van der Waals surface area contributed by atoms with Gasteiger partial charge in [0, 0.05) is 6.54 Å². The predicted molar refractivity (Wildman–Crippen MR) is 45.5 cm³/mol. The first kappa shape index (κ1) is 10.4. The van der Waals surface area contributed by atoms with Crippen molar-refractivity contribution in [2.45, 2.75) is 6.92 Å². The summed E-state index contributed by atoms with van der Waals surface area (Å²) in [6, 6.07) is 0. The van der Waals surface area contributed by atoms with Crippen molar-refractivity contribution in [3.05, 3.63) is 0 Å². The number of nitrogens with zero attached hydrogens (tertiary/aromatic N) is 4. The van der Waals surface area contributed by atoms with E-state index in [2.05, 4.69) is 15.0 Å². The molecule has 0 spiro atoms. The molecule has 0 aliphatic rings. The number of hydroxylamine groups is 1. The van der Waals surface area contributed by atoms with Gasteiger partial charge in [-0.15, -0.1) is 0 Å². The second-order valence-electron chi connectivity index (χ2n) is 2.22. The molecule has 0 radical (unpaired) electrons. The lowest BCUT2D eigenvalue weighted by Gasteiger charge is -2.12. The first-order valence-electron chi connectivity index (χ1n) is 3.74. The Balaban J connectivity index is 3.04. The predicted octanol–water partition coefficient (Wildman–Crippen LogP) is -0.311. The molecule has 9 heteroatoms. The van der Waals surface area contributed by atoms with E-state index in [4.69, 9.17) is 10.4 Å². The first-order chi connectivity index (χ1) is 6.71. The van der Waals surface area contributed by atoms with Gasteiger partial charge in [0.1, 0.15) is 0 Å². The van der Waals surface area contributed by atoms with Crippen molar-refractivity contribution >= 4 is 17.8 Å². The Kier molecular flexibility index (Phi) is 3.34. The molecular weight excluding hydrogens is 192 g/mol. The van der Waals surface area contributed by atoms with E-state index in [0.717, 1.165) is 5.06 Å². The summed E-state index contributed by atoms with van der Waals surface area (Å²) < 4.78 is 0. The van der Waals surface area contributed by atoms with Crippen LogP contribution in [0.2, 0.25) is 0 Å². The van der Waals surface area contributed by atoms with Crippen LogP contribution in [0.1, 0.15) is 6.92 Å². The van der Waals surface area contributed by atoms with Crippen molar-refractivity contribution in [2.24, 2.45) is 0 Å². The van der Waals surface area contributed by atoms with Gasteiger partial charge in [-0.05, 0) is 6.92 Å². The van der Waals surface area contributed by atoms with Crippen molar-refractivity contribution in [1.82, 2.24) is 15.0 Å². The third-order valence-corrected chi connectivity index (χ3v) is 1.35. The lowest BCUT2D eigenvalue weighted by molar-refractivity contribution is 0.252. The van der Waals surface area contributed by atoms with Gasteiger partial charge in [-0.2, -0.15) is 15.0 Å². The number of hydrogen-bond donors (Lipinski definition) is 5. The molecular formula is C5H10N6O3. The highest BCUT2D eigenvalue weighted by Crippen LogP contribution is 2.10. The van der Waals surface area contributed by atoms with Gasteiger partial charge in [0.25, 0.3) is 17.8 Å². The fraction of sp³-hybridized carbons (Fsp3) is 0.400. The van der Waals surface area contributed by atoms with E-state index in [0.29, 0.717) is 0 Å². The fourth-order valence-corrected chi connectivity index (χ4v) is 0.722. The Morgan fingerprint density at radius 3 is 2.00 bits per heavy atom. The van der Waals surface area contributed by atoms with E-state index < -0.39 is 0 Å². The van der Waals surface area contributed by atoms with Gasteiger partial charge in [-0.1, -0.05) is 0 Å². The lowest BCUT2D eigenvalue weighted by Crippen LogP contribution is -2.21. The minimum atomic E-state index is -0.195. The molecule has 0 atom stereocenters. The van der Waals surface area contributed by atoms with Gasteiger partial charge < -0.3 is 0 Å². The van der Waals surface area contributed by atoms with Gasteiger partial charge in [0.2, 0.25) is 0 Å². The number of nitrogens with one attached hydrogen (secondary N) is 2. The van der Waals surface area contributed by atoms with E-state index in [1.54, 1.807) is 17.9 Å². The highest BCUT2D eigenvalue weighted by atomic mass is 16.5. The van der Waals surface area contributed by atoms with Gasteiger partial charge in [-0.25, -0.2) is 16.0 Å². The van der Waals surface area contributed by atoms with Crippen molar-refractivity contribution < 1.29 is 15.6 Å². The Labute approximate surface area is 78.9 Å². The van der Waals surface area contributed by atoms with Crippen LogP contribution < -0.4 is 16.0 Å². The van der Waals surface area contributed by atoms with Crippen LogP contribution in [0, 0.1) is 0 Å². The van der Waals surface area contributed by atoms with Crippen molar-refractivity contribution in [1.29, 1.82) is 0 Å². The molecule has 1 heterocycles. The summed E-state index contributed by atoms with van der Waals surface area (Å²) in [5, 5.41) is 27.0. The Hall–Kier alpha value is -1.71. The minimum absolute atomic E-state index is 0.101. The quantitative estimate of drug-likeness (QED) is 0.417. The maximum atomic E-state index is 9.23. The zero-order valence-corrected chi connectivity index (χ0v) is 7.34. The van der Waals surface area contributed by atoms with Crippen LogP contribution in [0.3, 0.4) is 0 Å². The average Bonchev–Trinajstić information content (AvgIpc) is 2.27. The normalized spacial score (nSPS) is 9.71. The molecule has 0 unspecified atom stereocenters. The fourth-order valence-electron chi connectivity index (χ4n) is 0.722. The van der Waals surface area contributed by atoms with E-state index in [-0.39, 0.29) is 24.4 Å². The van der Waals surface area contributed by atoms with Gasteiger partial charge in [0.15, 0.2) is 0 Å². The molecule has 1 aromatic heterocycles. The standard InChI is InChI=1S/C5H10N6O3/c1-2-11(14)5-7-3(9-12)6-4(8-5)10-13/h12-14H,2H2,1H3,(H2,6,7,8,9,10). The number of aromatic nitrogens is 3. The van der Waals surface area contributed by atoms with E-state index in [9.17, 15) is 5.21 Å². The molecule has 0 fully saturated rings. The second kappa shape index (κ2) is 4.50. The molecule has 0 aliphatic heterocycles. The molecule has 0 aromatic carbocycles. The Morgan fingerprint density at radius 2 is 1.64 bits per heavy atom. The molecule has 1 rings (SSSR count). The molecule has 14 heavy (non-hydrogen) atoms. The maximum Gasteiger partial charge on any atom is 0.256 e. The van der Waals surface area contributed by atoms with Crippen LogP contribution in [0.15, 0.2) is 0 Å². The van der Waals surface area contributed by atoms with E-state index in [1.165, 1.54) is 0 Å². The molecule has 0 bridgehead atoms. The molecule has 9 nitrogen and oxygen atoms in total. The van der Waals surface area contributed by atoms with Gasteiger partial charge in [-0.3, -0.25) is 15.6 Å². The summed E-state index contributed by atoms with van der Waals surface area (Å²) in [6.45, 7) is 1.92. The third kappa shape index (κ3) is 2.16. The number of hydrogen-bond acceptors (Lipinski definition) is 9. The SMILES string of the molecule is CCN(O)c1nc(NO)nc(NO)n1. The second-order valence-corrected chi connectivity index (χ2v) is 2.22. The summed E-state index contributed by atoms with van der Waals surface area (Å²) in [7, 11) is 0. The molecule has 1 aromatic rings. The van der Waals surface area contributed by atoms with E-state index in [1.807, 2.05) is 0 Å². The van der Waals surface area contributed by atoms with Gasteiger partial charge in [0.05, 0.1) is 0 Å². The summed E-state index contributed by atoms with van der Waals surface area (Å²) in [5.74, 6) is -0.492. The third-order valence-electron chi connectivity index (χ3n) is 1.35. The molecule has 78 valence electrons. The highest BCUT2D eigenvalue weighted by molar-refractivity contribution is 5.39. The zero-order chi connectivity index (χ0) is 10.6. The van der Waals surface area contributed by atoms with Crippen LogP contribution in [0.4, 0.5) is 17.8 Å². The Morgan fingerprint density at radius 1 is 1.14 bits per heavy atom. The van der Waals surface area contributed by atoms with E-state index >= 15 is 0 Å². The first-order valence-corrected chi connectivity index (χ1v) is 3.74. The Bertz CT molecular complexity index is 285. The van der Waals surface area contributed by atoms with Gasteiger partial charge >= 0.3 is 0 Å². The molecule has 0 amide bonds. The van der Waals surface area contributed by atoms with Crippen LogP contribution in [0.5, 0.6) is 0 Å². The highest BCUT2D eigenvalue weighted by Gasteiger charge is 2.09. The smallest absolute Gasteiger partial charge is 0.256 e. The van der Waals surface area contributed by atoms with Crippen LogP contribution in [-0.2, 0) is 0 Å².